The van der Waals surface area contributed by atoms with Crippen LogP contribution in [0.5, 0.6) is 17.2 Å². The molecule has 28 heavy (non-hydrogen) atoms. The highest BCUT2D eigenvalue weighted by molar-refractivity contribution is 5.66. The molecule has 0 radical (unpaired) electrons. The van der Waals surface area contributed by atoms with E-state index >= 15 is 0 Å². The standard InChI is InChI=1S/C21H24N4O3/c1-25-15-17(13-22-8-3-9-26-18-4-2-7-23-14-18)21(24-25)16-5-6-19-20(12-16)28-11-10-27-19/h2,4-7,12,14-15,22H,3,8-11,13H2,1H3. The molecule has 0 aliphatic carbocycles. The van der Waals surface area contributed by atoms with Crippen LogP contribution in [0.2, 0.25) is 0 Å². The number of pyridine rings is 1. The van der Waals surface area contributed by atoms with Gasteiger partial charge in [-0.05, 0) is 43.3 Å². The Bertz CT molecular complexity index is 911. The molecule has 0 saturated heterocycles. The molecule has 0 bridgehead atoms. The molecular formula is C21H24N4O3. The van der Waals surface area contributed by atoms with Gasteiger partial charge in [0.1, 0.15) is 19.0 Å². The molecule has 7 heteroatoms. The van der Waals surface area contributed by atoms with Crippen molar-refractivity contribution in [3.05, 3.63) is 54.5 Å². The number of benzene rings is 1. The first-order valence-electron chi connectivity index (χ1n) is 9.46. The summed E-state index contributed by atoms with van der Waals surface area (Å²) < 4.78 is 18.8. The zero-order valence-electron chi connectivity index (χ0n) is 15.9. The van der Waals surface area contributed by atoms with Gasteiger partial charge >= 0.3 is 0 Å². The van der Waals surface area contributed by atoms with Crippen molar-refractivity contribution < 1.29 is 14.2 Å². The second-order valence-corrected chi connectivity index (χ2v) is 6.60. The summed E-state index contributed by atoms with van der Waals surface area (Å²) in [4.78, 5) is 4.04. The molecule has 1 aromatic carbocycles. The number of rotatable bonds is 8. The van der Waals surface area contributed by atoms with Gasteiger partial charge in [-0.3, -0.25) is 9.67 Å². The highest BCUT2D eigenvalue weighted by Gasteiger charge is 2.16. The van der Waals surface area contributed by atoms with Crippen molar-refractivity contribution in [2.75, 3.05) is 26.4 Å². The second-order valence-electron chi connectivity index (χ2n) is 6.60. The summed E-state index contributed by atoms with van der Waals surface area (Å²) in [6.07, 6.45) is 6.42. The Morgan fingerprint density at radius 2 is 2.07 bits per heavy atom. The van der Waals surface area contributed by atoms with Crippen molar-refractivity contribution >= 4 is 0 Å². The molecule has 7 nitrogen and oxygen atoms in total. The van der Waals surface area contributed by atoms with E-state index in [9.17, 15) is 0 Å². The Morgan fingerprint density at radius 3 is 2.93 bits per heavy atom. The fourth-order valence-electron chi connectivity index (χ4n) is 3.14. The maximum atomic E-state index is 5.70. The predicted molar refractivity (Wildman–Crippen MR) is 106 cm³/mol. The molecule has 0 saturated carbocycles. The lowest BCUT2D eigenvalue weighted by Crippen LogP contribution is -2.17. The third-order valence-corrected chi connectivity index (χ3v) is 4.44. The highest BCUT2D eigenvalue weighted by atomic mass is 16.6. The predicted octanol–water partition coefficient (Wildman–Crippen LogP) is 2.81. The summed E-state index contributed by atoms with van der Waals surface area (Å²) in [5.41, 5.74) is 3.13. The minimum Gasteiger partial charge on any atom is -0.492 e. The van der Waals surface area contributed by atoms with E-state index in [2.05, 4.69) is 15.4 Å². The summed E-state index contributed by atoms with van der Waals surface area (Å²) in [5.74, 6) is 2.37. The Kier molecular flexibility index (Phi) is 5.72. The van der Waals surface area contributed by atoms with Gasteiger partial charge in [0.2, 0.25) is 0 Å². The molecule has 1 aliphatic heterocycles. The number of hydrogen-bond donors (Lipinski definition) is 1. The quantitative estimate of drug-likeness (QED) is 0.606. The summed E-state index contributed by atoms with van der Waals surface area (Å²) in [5, 5.41) is 8.10. The molecule has 1 N–H and O–H groups in total. The van der Waals surface area contributed by atoms with Crippen LogP contribution < -0.4 is 19.5 Å². The maximum absolute atomic E-state index is 5.70. The van der Waals surface area contributed by atoms with Crippen LogP contribution in [-0.4, -0.2) is 41.1 Å². The molecule has 4 rings (SSSR count). The number of aryl methyl sites for hydroxylation is 1. The van der Waals surface area contributed by atoms with Crippen LogP contribution in [0.25, 0.3) is 11.3 Å². The zero-order valence-corrected chi connectivity index (χ0v) is 15.9. The zero-order chi connectivity index (χ0) is 19.2. The lowest BCUT2D eigenvalue weighted by molar-refractivity contribution is 0.171. The SMILES string of the molecule is Cn1cc(CNCCCOc2cccnc2)c(-c2ccc3c(c2)OCCO3)n1. The lowest BCUT2D eigenvalue weighted by atomic mass is 10.1. The fourth-order valence-corrected chi connectivity index (χ4v) is 3.14. The first-order valence-corrected chi connectivity index (χ1v) is 9.46. The van der Waals surface area contributed by atoms with E-state index < -0.39 is 0 Å². The fraction of sp³-hybridized carbons (Fsp3) is 0.333. The summed E-state index contributed by atoms with van der Waals surface area (Å²) in [6.45, 7) is 3.42. The van der Waals surface area contributed by atoms with Crippen molar-refractivity contribution in [1.82, 2.24) is 20.1 Å². The number of fused-ring (bicyclic) bond motifs is 1. The summed E-state index contributed by atoms with van der Waals surface area (Å²) in [7, 11) is 1.94. The first kappa shape index (κ1) is 18.3. The van der Waals surface area contributed by atoms with Gasteiger partial charge in [-0.25, -0.2) is 0 Å². The lowest BCUT2D eigenvalue weighted by Gasteiger charge is -2.18. The first-order chi connectivity index (χ1) is 13.8. The molecule has 0 fully saturated rings. The monoisotopic (exact) mass is 380 g/mol. The molecule has 1 aliphatic rings. The Labute approximate surface area is 164 Å². The Morgan fingerprint density at radius 1 is 1.18 bits per heavy atom. The van der Waals surface area contributed by atoms with Crippen LogP contribution in [0.4, 0.5) is 0 Å². The molecule has 0 amide bonds. The Balaban J connectivity index is 1.32. The van der Waals surface area contributed by atoms with Gasteiger partial charge in [0.15, 0.2) is 11.5 Å². The second kappa shape index (κ2) is 8.75. The van der Waals surface area contributed by atoms with E-state index in [1.54, 1.807) is 12.4 Å². The van der Waals surface area contributed by atoms with E-state index in [1.165, 1.54) is 0 Å². The van der Waals surface area contributed by atoms with Crippen LogP contribution in [0.1, 0.15) is 12.0 Å². The van der Waals surface area contributed by atoms with Gasteiger partial charge in [0.05, 0.1) is 18.5 Å². The van der Waals surface area contributed by atoms with Crippen LogP contribution >= 0.6 is 0 Å². The molecule has 2 aromatic heterocycles. The van der Waals surface area contributed by atoms with Crippen LogP contribution in [-0.2, 0) is 13.6 Å². The van der Waals surface area contributed by atoms with Crippen molar-refractivity contribution in [1.29, 1.82) is 0 Å². The molecule has 0 atom stereocenters. The maximum Gasteiger partial charge on any atom is 0.162 e. The third kappa shape index (κ3) is 4.43. The van der Waals surface area contributed by atoms with E-state index in [0.717, 1.165) is 53.6 Å². The number of nitrogens with zero attached hydrogens (tertiary/aromatic N) is 3. The third-order valence-electron chi connectivity index (χ3n) is 4.44. The van der Waals surface area contributed by atoms with Crippen molar-refractivity contribution in [3.63, 3.8) is 0 Å². The van der Waals surface area contributed by atoms with Crippen molar-refractivity contribution in [3.8, 4) is 28.5 Å². The molecule has 0 unspecified atom stereocenters. The molecule has 0 spiro atoms. The molecular weight excluding hydrogens is 356 g/mol. The van der Waals surface area contributed by atoms with Gasteiger partial charge in [0.25, 0.3) is 0 Å². The number of ether oxygens (including phenoxy) is 3. The average molecular weight is 380 g/mol. The topological polar surface area (TPSA) is 70.4 Å². The van der Waals surface area contributed by atoms with Crippen LogP contribution in [0, 0.1) is 0 Å². The van der Waals surface area contributed by atoms with Gasteiger partial charge < -0.3 is 19.5 Å². The number of hydrogen-bond acceptors (Lipinski definition) is 6. The van der Waals surface area contributed by atoms with E-state index in [-0.39, 0.29) is 0 Å². The number of aromatic nitrogens is 3. The minimum absolute atomic E-state index is 0.578. The smallest absolute Gasteiger partial charge is 0.162 e. The van der Waals surface area contributed by atoms with E-state index in [1.807, 2.05) is 48.3 Å². The largest absolute Gasteiger partial charge is 0.492 e. The van der Waals surface area contributed by atoms with E-state index in [4.69, 9.17) is 14.2 Å². The van der Waals surface area contributed by atoms with Gasteiger partial charge in [-0.2, -0.15) is 5.10 Å². The van der Waals surface area contributed by atoms with Gasteiger partial charge in [-0.15, -0.1) is 0 Å². The van der Waals surface area contributed by atoms with E-state index in [0.29, 0.717) is 19.8 Å². The average Bonchev–Trinajstić information content (AvgIpc) is 3.11. The normalized spacial score (nSPS) is 12.8. The van der Waals surface area contributed by atoms with Gasteiger partial charge in [0, 0.05) is 37.1 Å². The molecule has 146 valence electrons. The minimum atomic E-state index is 0.578. The summed E-state index contributed by atoms with van der Waals surface area (Å²) in [6, 6.07) is 9.76. The molecule has 3 aromatic rings. The van der Waals surface area contributed by atoms with Crippen LogP contribution in [0.3, 0.4) is 0 Å². The van der Waals surface area contributed by atoms with Crippen molar-refractivity contribution in [2.45, 2.75) is 13.0 Å². The Hall–Kier alpha value is -3.06. The number of nitrogens with one attached hydrogen (secondary N) is 1. The molecule has 3 heterocycles. The van der Waals surface area contributed by atoms with Gasteiger partial charge in [-0.1, -0.05) is 0 Å². The highest BCUT2D eigenvalue weighted by Crippen LogP contribution is 2.35. The van der Waals surface area contributed by atoms with Crippen molar-refractivity contribution in [2.24, 2.45) is 7.05 Å². The van der Waals surface area contributed by atoms with Crippen LogP contribution in [0.15, 0.2) is 48.9 Å². The summed E-state index contributed by atoms with van der Waals surface area (Å²) >= 11 is 0.